The summed E-state index contributed by atoms with van der Waals surface area (Å²) < 4.78 is 69.6. The van der Waals surface area contributed by atoms with Crippen molar-refractivity contribution in [2.75, 3.05) is 25.1 Å². The van der Waals surface area contributed by atoms with Crippen molar-refractivity contribution >= 4 is 11.8 Å². The molecule has 0 saturated carbocycles. The van der Waals surface area contributed by atoms with Crippen molar-refractivity contribution in [2.24, 2.45) is 0 Å². The lowest BCUT2D eigenvalue weighted by Crippen LogP contribution is -2.53. The molecule has 1 saturated heterocycles. The number of ether oxygens (including phenoxy) is 1. The Morgan fingerprint density at radius 2 is 2.04 bits per heavy atom. The fraction of sp³-hybridized carbons (Fsp3) is 0.538. The summed E-state index contributed by atoms with van der Waals surface area (Å²) in [6.45, 7) is 2.48. The second kappa shape index (κ2) is 6.26. The lowest BCUT2D eigenvalue weighted by atomic mass is 10.1. The molecule has 1 N–H and O–H groups in total. The van der Waals surface area contributed by atoms with Crippen LogP contribution in [0.1, 0.15) is 12.5 Å². The van der Waals surface area contributed by atoms with Crippen LogP contribution in [0.15, 0.2) is 18.3 Å². The summed E-state index contributed by atoms with van der Waals surface area (Å²) in [7, 11) is 0. The molecule has 0 unspecified atom stereocenters. The van der Waals surface area contributed by atoms with E-state index in [1.165, 1.54) is 4.90 Å². The third-order valence-corrected chi connectivity index (χ3v) is 3.39. The number of rotatable bonds is 4. The monoisotopic (exact) mass is 339 g/mol. The normalized spacial score (nSPS) is 15.9. The van der Waals surface area contributed by atoms with E-state index < -0.39 is 29.5 Å². The zero-order chi connectivity index (χ0) is 17.3. The maximum absolute atomic E-state index is 13.5. The fourth-order valence-corrected chi connectivity index (χ4v) is 2.05. The van der Waals surface area contributed by atoms with Crippen molar-refractivity contribution in [1.82, 2.24) is 9.88 Å². The molecule has 10 heteroatoms. The minimum absolute atomic E-state index is 0.240. The lowest BCUT2D eigenvalue weighted by molar-refractivity contribution is -0.289. The molecule has 0 aliphatic carbocycles. The number of nitrogens with zero attached hydrogens (tertiary/aromatic N) is 2. The van der Waals surface area contributed by atoms with E-state index in [9.17, 15) is 26.7 Å². The van der Waals surface area contributed by atoms with Gasteiger partial charge in [0.1, 0.15) is 5.82 Å². The Bertz CT molecular complexity index is 575. The maximum atomic E-state index is 13.5. The molecule has 2 heterocycles. The number of likely N-dealkylation sites (N-methyl/N-ethyl adjacent to an activating group) is 1. The summed E-state index contributed by atoms with van der Waals surface area (Å²) >= 11 is 0. The maximum Gasteiger partial charge on any atom is 0.458 e. The number of alkyl halides is 5. The van der Waals surface area contributed by atoms with Crippen LogP contribution in [0, 0.1) is 0 Å². The summed E-state index contributed by atoms with van der Waals surface area (Å²) in [6.07, 6.45) is -4.77. The smallest absolute Gasteiger partial charge is 0.377 e. The highest BCUT2D eigenvalue weighted by atomic mass is 19.4. The van der Waals surface area contributed by atoms with Gasteiger partial charge in [-0.25, -0.2) is 9.78 Å². The number of hydrogen-bond acceptors (Lipinski definition) is 3. The van der Waals surface area contributed by atoms with E-state index in [2.05, 4.69) is 4.98 Å². The largest absolute Gasteiger partial charge is 0.458 e. The van der Waals surface area contributed by atoms with Gasteiger partial charge in [0.15, 0.2) is 0 Å². The standard InChI is InChI=1S/C13H14F5N3O2/c1-2-21(8-6-23-7-8)11(22)20-10-9(4-3-5-19-10)12(14,15)13(16,17)18/h3-5,8H,2,6-7H2,1H3,(H,19,20,22). The van der Waals surface area contributed by atoms with Gasteiger partial charge < -0.3 is 9.64 Å². The summed E-state index contributed by atoms with van der Waals surface area (Å²) in [5.74, 6) is -5.95. The van der Waals surface area contributed by atoms with Gasteiger partial charge in [-0.15, -0.1) is 0 Å². The zero-order valence-electron chi connectivity index (χ0n) is 12.0. The molecule has 2 rings (SSSR count). The number of carbonyl (C=O) groups excluding carboxylic acids is 1. The first-order chi connectivity index (χ1) is 10.7. The highest BCUT2D eigenvalue weighted by Gasteiger charge is 2.60. The average Bonchev–Trinajstić information content (AvgIpc) is 2.41. The van der Waals surface area contributed by atoms with Gasteiger partial charge in [-0.2, -0.15) is 22.0 Å². The van der Waals surface area contributed by atoms with Gasteiger partial charge >= 0.3 is 18.1 Å². The Morgan fingerprint density at radius 1 is 1.39 bits per heavy atom. The van der Waals surface area contributed by atoms with Crippen molar-refractivity contribution in [3.05, 3.63) is 23.9 Å². The number of hydrogen-bond donors (Lipinski definition) is 1. The molecule has 2 amide bonds. The Morgan fingerprint density at radius 3 is 2.52 bits per heavy atom. The van der Waals surface area contributed by atoms with Crippen molar-refractivity contribution in [2.45, 2.75) is 25.1 Å². The van der Waals surface area contributed by atoms with Crippen LogP contribution in [0.3, 0.4) is 0 Å². The quantitative estimate of drug-likeness (QED) is 0.858. The Balaban J connectivity index is 2.25. The first-order valence-corrected chi connectivity index (χ1v) is 6.74. The predicted octanol–water partition coefficient (Wildman–Crippen LogP) is 2.99. The van der Waals surface area contributed by atoms with Crippen LogP contribution in [-0.4, -0.2) is 47.9 Å². The van der Waals surface area contributed by atoms with E-state index in [-0.39, 0.29) is 25.8 Å². The molecule has 0 aromatic carbocycles. The van der Waals surface area contributed by atoms with E-state index in [4.69, 9.17) is 4.74 Å². The van der Waals surface area contributed by atoms with Gasteiger partial charge in [-0.05, 0) is 19.1 Å². The van der Waals surface area contributed by atoms with Crippen LogP contribution >= 0.6 is 0 Å². The Kier molecular flexibility index (Phi) is 4.73. The topological polar surface area (TPSA) is 54.5 Å². The van der Waals surface area contributed by atoms with Crippen LogP contribution in [0.2, 0.25) is 0 Å². The molecule has 1 fully saturated rings. The van der Waals surface area contributed by atoms with Crippen LogP contribution in [0.4, 0.5) is 32.6 Å². The van der Waals surface area contributed by atoms with Gasteiger partial charge in [0.2, 0.25) is 0 Å². The second-order valence-corrected chi connectivity index (χ2v) is 4.88. The van der Waals surface area contributed by atoms with Gasteiger partial charge in [-0.3, -0.25) is 5.32 Å². The zero-order valence-corrected chi connectivity index (χ0v) is 12.0. The molecule has 1 aliphatic rings. The van der Waals surface area contributed by atoms with Gasteiger partial charge in [-0.1, -0.05) is 0 Å². The van der Waals surface area contributed by atoms with E-state index >= 15 is 0 Å². The van der Waals surface area contributed by atoms with Gasteiger partial charge in [0, 0.05) is 12.7 Å². The molecular formula is C13H14F5N3O2. The number of amides is 2. The van der Waals surface area contributed by atoms with Crippen molar-refractivity contribution in [1.29, 1.82) is 0 Å². The van der Waals surface area contributed by atoms with Crippen LogP contribution in [0.25, 0.3) is 0 Å². The van der Waals surface area contributed by atoms with E-state index in [1.807, 2.05) is 5.32 Å². The number of anilines is 1. The molecule has 5 nitrogen and oxygen atoms in total. The minimum Gasteiger partial charge on any atom is -0.377 e. The minimum atomic E-state index is -5.79. The van der Waals surface area contributed by atoms with Gasteiger partial charge in [0.25, 0.3) is 0 Å². The fourth-order valence-electron chi connectivity index (χ4n) is 2.05. The van der Waals surface area contributed by atoms with E-state index in [0.29, 0.717) is 6.07 Å². The number of carbonyl (C=O) groups is 1. The SMILES string of the molecule is CCN(C(=O)Nc1ncccc1C(F)(F)C(F)(F)F)C1COC1. The first kappa shape index (κ1) is 17.4. The molecular weight excluding hydrogens is 325 g/mol. The summed E-state index contributed by atoms with van der Waals surface area (Å²) in [5, 5.41) is 2.03. The molecule has 1 aliphatic heterocycles. The van der Waals surface area contributed by atoms with Crippen LogP contribution < -0.4 is 5.32 Å². The van der Waals surface area contributed by atoms with Gasteiger partial charge in [0.05, 0.1) is 24.8 Å². The van der Waals surface area contributed by atoms with Crippen LogP contribution in [0.5, 0.6) is 0 Å². The molecule has 0 bridgehead atoms. The molecule has 0 spiro atoms. The number of nitrogens with one attached hydrogen (secondary N) is 1. The predicted molar refractivity (Wildman–Crippen MR) is 70.2 cm³/mol. The molecule has 0 radical (unpaired) electrons. The second-order valence-electron chi connectivity index (χ2n) is 4.88. The van der Waals surface area contributed by atoms with Crippen molar-refractivity contribution < 1.29 is 31.5 Å². The Hall–Kier alpha value is -1.97. The molecule has 23 heavy (non-hydrogen) atoms. The third kappa shape index (κ3) is 3.36. The summed E-state index contributed by atoms with van der Waals surface area (Å²) in [4.78, 5) is 16.8. The molecule has 128 valence electrons. The van der Waals surface area contributed by atoms with Crippen LogP contribution in [-0.2, 0) is 10.7 Å². The Labute approximate surface area is 128 Å². The van der Waals surface area contributed by atoms with Crippen molar-refractivity contribution in [3.63, 3.8) is 0 Å². The number of urea groups is 1. The highest BCUT2D eigenvalue weighted by Crippen LogP contribution is 2.45. The summed E-state index contributed by atoms with van der Waals surface area (Å²) in [6, 6.07) is 0.481. The average molecular weight is 339 g/mol. The number of halogens is 5. The summed E-state index contributed by atoms with van der Waals surface area (Å²) in [5.41, 5.74) is -1.40. The highest BCUT2D eigenvalue weighted by molar-refractivity contribution is 5.89. The number of pyridine rings is 1. The number of aromatic nitrogens is 1. The van der Waals surface area contributed by atoms with E-state index in [0.717, 1.165) is 12.3 Å². The molecule has 0 atom stereocenters. The molecule has 1 aromatic heterocycles. The third-order valence-electron chi connectivity index (χ3n) is 3.39. The lowest BCUT2D eigenvalue weighted by Gasteiger charge is -2.36. The molecule has 1 aromatic rings. The first-order valence-electron chi connectivity index (χ1n) is 6.74. The van der Waals surface area contributed by atoms with Crippen molar-refractivity contribution in [3.8, 4) is 0 Å². The van der Waals surface area contributed by atoms with E-state index in [1.54, 1.807) is 6.92 Å².